The number of carbonyl (C=O) groups excluding carboxylic acids is 1. The minimum Gasteiger partial charge on any atom is -0.322 e. The van der Waals surface area contributed by atoms with Crippen molar-refractivity contribution in [3.8, 4) is 0 Å². The van der Waals surface area contributed by atoms with Crippen molar-refractivity contribution in [2.45, 2.75) is 25.7 Å². The molecule has 0 atom stereocenters. The lowest BCUT2D eigenvalue weighted by Crippen LogP contribution is -2.12. The van der Waals surface area contributed by atoms with Gasteiger partial charge in [0.25, 0.3) is 5.91 Å². The summed E-state index contributed by atoms with van der Waals surface area (Å²) < 4.78 is 0. The average molecular weight is 297 g/mol. The summed E-state index contributed by atoms with van der Waals surface area (Å²) in [5.41, 5.74) is 3.83. The zero-order chi connectivity index (χ0) is 15.2. The fraction of sp³-hybridized carbons (Fsp3) is 0.167. The van der Waals surface area contributed by atoms with Gasteiger partial charge in [0.05, 0.1) is 0 Å². The van der Waals surface area contributed by atoms with Crippen LogP contribution in [0, 0.1) is 13.8 Å². The van der Waals surface area contributed by atoms with Gasteiger partial charge in [0.1, 0.15) is 0 Å². The standard InChI is InChI=1S/C18H19NOS/c1-4-11-21-17-12-15(8-7-14(17)3)18(20)19-16-9-5-13(2)6-10-16/h4-12H,1-3H3,(H,19,20)/b11-4+. The number of carbonyl (C=O) groups is 1. The van der Waals surface area contributed by atoms with Gasteiger partial charge in [-0.2, -0.15) is 0 Å². The van der Waals surface area contributed by atoms with Crippen LogP contribution in [0.1, 0.15) is 28.4 Å². The normalized spacial score (nSPS) is 10.8. The Kier molecular flexibility index (Phi) is 5.23. The Hall–Kier alpha value is -2.00. The van der Waals surface area contributed by atoms with Gasteiger partial charge < -0.3 is 5.32 Å². The minimum absolute atomic E-state index is 0.0822. The lowest BCUT2D eigenvalue weighted by atomic mass is 10.1. The summed E-state index contributed by atoms with van der Waals surface area (Å²) >= 11 is 1.63. The van der Waals surface area contributed by atoms with Crippen LogP contribution in [0.5, 0.6) is 0 Å². The van der Waals surface area contributed by atoms with Gasteiger partial charge in [-0.3, -0.25) is 4.79 Å². The first-order valence-corrected chi connectivity index (χ1v) is 7.74. The lowest BCUT2D eigenvalue weighted by molar-refractivity contribution is 0.102. The van der Waals surface area contributed by atoms with Crippen LogP contribution in [0.2, 0.25) is 0 Å². The van der Waals surface area contributed by atoms with Crippen molar-refractivity contribution in [1.82, 2.24) is 0 Å². The maximum Gasteiger partial charge on any atom is 0.255 e. The second-order valence-corrected chi connectivity index (χ2v) is 5.84. The number of thioether (sulfide) groups is 1. The van der Waals surface area contributed by atoms with Crippen molar-refractivity contribution in [3.05, 3.63) is 70.6 Å². The van der Waals surface area contributed by atoms with Crippen molar-refractivity contribution < 1.29 is 4.79 Å². The van der Waals surface area contributed by atoms with E-state index in [1.165, 1.54) is 11.1 Å². The molecule has 0 spiro atoms. The highest BCUT2D eigenvalue weighted by Gasteiger charge is 2.08. The predicted molar refractivity (Wildman–Crippen MR) is 91.0 cm³/mol. The summed E-state index contributed by atoms with van der Waals surface area (Å²) in [5.74, 6) is -0.0822. The van der Waals surface area contributed by atoms with E-state index in [1.54, 1.807) is 11.8 Å². The van der Waals surface area contributed by atoms with Crippen LogP contribution in [0.25, 0.3) is 0 Å². The zero-order valence-corrected chi connectivity index (χ0v) is 13.3. The summed E-state index contributed by atoms with van der Waals surface area (Å²) in [6.07, 6.45) is 1.99. The third-order valence-corrected chi connectivity index (χ3v) is 4.19. The van der Waals surface area contributed by atoms with Gasteiger partial charge in [0.2, 0.25) is 0 Å². The smallest absolute Gasteiger partial charge is 0.255 e. The molecule has 21 heavy (non-hydrogen) atoms. The molecule has 0 aliphatic rings. The number of rotatable bonds is 4. The van der Waals surface area contributed by atoms with Gasteiger partial charge in [-0.05, 0) is 56.0 Å². The van der Waals surface area contributed by atoms with Crippen molar-refractivity contribution in [3.63, 3.8) is 0 Å². The highest BCUT2D eigenvalue weighted by molar-refractivity contribution is 8.02. The number of hydrogen-bond acceptors (Lipinski definition) is 2. The lowest BCUT2D eigenvalue weighted by Gasteiger charge is -2.08. The second-order valence-electron chi connectivity index (χ2n) is 4.89. The highest BCUT2D eigenvalue weighted by atomic mass is 32.2. The molecule has 0 aliphatic carbocycles. The topological polar surface area (TPSA) is 29.1 Å². The van der Waals surface area contributed by atoms with E-state index in [1.807, 2.05) is 74.7 Å². The summed E-state index contributed by atoms with van der Waals surface area (Å²) in [4.78, 5) is 13.4. The maximum atomic E-state index is 12.3. The molecule has 0 unspecified atom stereocenters. The van der Waals surface area contributed by atoms with Crippen LogP contribution in [-0.2, 0) is 0 Å². The molecule has 108 valence electrons. The first-order valence-electron chi connectivity index (χ1n) is 6.86. The molecular formula is C18H19NOS. The molecule has 3 heteroatoms. The third-order valence-electron chi connectivity index (χ3n) is 3.09. The van der Waals surface area contributed by atoms with Gasteiger partial charge >= 0.3 is 0 Å². The van der Waals surface area contributed by atoms with Crippen LogP contribution in [0.3, 0.4) is 0 Å². The fourth-order valence-electron chi connectivity index (χ4n) is 1.85. The number of allylic oxidation sites excluding steroid dienone is 1. The summed E-state index contributed by atoms with van der Waals surface area (Å²) in [7, 11) is 0. The van der Waals surface area contributed by atoms with Crippen molar-refractivity contribution in [2.75, 3.05) is 5.32 Å². The molecule has 0 saturated carbocycles. The molecule has 2 nitrogen and oxygen atoms in total. The number of amides is 1. The van der Waals surface area contributed by atoms with E-state index in [0.29, 0.717) is 5.56 Å². The van der Waals surface area contributed by atoms with Crippen LogP contribution < -0.4 is 5.32 Å². The number of hydrogen-bond donors (Lipinski definition) is 1. The predicted octanol–water partition coefficient (Wildman–Crippen LogP) is 5.18. The molecule has 0 radical (unpaired) electrons. The molecule has 1 amide bonds. The molecular weight excluding hydrogens is 278 g/mol. The number of benzene rings is 2. The van der Waals surface area contributed by atoms with E-state index in [0.717, 1.165) is 10.6 Å². The summed E-state index contributed by atoms with van der Waals surface area (Å²) in [6.45, 7) is 6.06. The highest BCUT2D eigenvalue weighted by Crippen LogP contribution is 2.25. The Morgan fingerprint density at radius 2 is 1.81 bits per heavy atom. The van der Waals surface area contributed by atoms with Gasteiger partial charge in [0.15, 0.2) is 0 Å². The summed E-state index contributed by atoms with van der Waals surface area (Å²) in [6, 6.07) is 13.6. The largest absolute Gasteiger partial charge is 0.322 e. The molecule has 2 aromatic carbocycles. The Morgan fingerprint density at radius 3 is 2.48 bits per heavy atom. The Bertz CT molecular complexity index is 659. The second kappa shape index (κ2) is 7.14. The molecule has 0 fully saturated rings. The van der Waals surface area contributed by atoms with E-state index in [2.05, 4.69) is 5.32 Å². The van der Waals surface area contributed by atoms with E-state index >= 15 is 0 Å². The van der Waals surface area contributed by atoms with Gasteiger partial charge in [0, 0.05) is 16.1 Å². The van der Waals surface area contributed by atoms with Crippen molar-refractivity contribution >= 4 is 23.4 Å². The minimum atomic E-state index is -0.0822. The van der Waals surface area contributed by atoms with E-state index in [9.17, 15) is 4.79 Å². The van der Waals surface area contributed by atoms with Crippen LogP contribution in [0.15, 0.2) is 58.8 Å². The molecule has 2 rings (SSSR count). The van der Waals surface area contributed by atoms with Gasteiger partial charge in [-0.15, -0.1) is 0 Å². The van der Waals surface area contributed by atoms with Crippen molar-refractivity contribution in [1.29, 1.82) is 0 Å². The van der Waals surface area contributed by atoms with Gasteiger partial charge in [-0.25, -0.2) is 0 Å². The summed E-state index contributed by atoms with van der Waals surface area (Å²) in [5, 5.41) is 4.94. The first-order chi connectivity index (χ1) is 10.1. The van der Waals surface area contributed by atoms with Crippen LogP contribution in [-0.4, -0.2) is 5.91 Å². The molecule has 0 aliphatic heterocycles. The first kappa shape index (κ1) is 15.4. The monoisotopic (exact) mass is 297 g/mol. The third kappa shape index (κ3) is 4.23. The molecule has 0 bridgehead atoms. The van der Waals surface area contributed by atoms with Gasteiger partial charge in [-0.1, -0.05) is 41.6 Å². The Labute approximate surface area is 130 Å². The molecule has 0 heterocycles. The van der Waals surface area contributed by atoms with Crippen LogP contribution >= 0.6 is 11.8 Å². The van der Waals surface area contributed by atoms with E-state index < -0.39 is 0 Å². The van der Waals surface area contributed by atoms with Crippen LogP contribution in [0.4, 0.5) is 5.69 Å². The molecule has 1 N–H and O–H groups in total. The molecule has 2 aromatic rings. The van der Waals surface area contributed by atoms with E-state index in [-0.39, 0.29) is 5.91 Å². The Balaban J connectivity index is 2.17. The molecule has 0 saturated heterocycles. The Morgan fingerprint density at radius 1 is 1.10 bits per heavy atom. The van der Waals surface area contributed by atoms with Crippen molar-refractivity contribution in [2.24, 2.45) is 0 Å². The SMILES string of the molecule is C/C=C/Sc1cc(C(=O)Nc2ccc(C)cc2)ccc1C. The molecule has 0 aromatic heterocycles. The number of anilines is 1. The maximum absolute atomic E-state index is 12.3. The fourth-order valence-corrected chi connectivity index (χ4v) is 2.58. The zero-order valence-electron chi connectivity index (χ0n) is 12.5. The number of aryl methyl sites for hydroxylation is 2. The number of nitrogens with one attached hydrogen (secondary N) is 1. The quantitative estimate of drug-likeness (QED) is 0.788. The average Bonchev–Trinajstić information content (AvgIpc) is 2.48. The van der Waals surface area contributed by atoms with E-state index in [4.69, 9.17) is 0 Å².